The van der Waals surface area contributed by atoms with E-state index in [9.17, 15) is 0 Å². The number of rotatable bonds is 3. The Morgan fingerprint density at radius 1 is 1.14 bits per heavy atom. The lowest BCUT2D eigenvalue weighted by Crippen LogP contribution is -2.43. The van der Waals surface area contributed by atoms with E-state index in [1.54, 1.807) is 24.9 Å². The van der Waals surface area contributed by atoms with Crippen LogP contribution in [0.5, 0.6) is 0 Å². The van der Waals surface area contributed by atoms with E-state index in [-0.39, 0.29) is 12.2 Å². The van der Waals surface area contributed by atoms with Crippen LogP contribution in [0.25, 0.3) is 17.2 Å². The second-order valence-corrected chi connectivity index (χ2v) is 6.97. The maximum atomic E-state index is 6.07. The molecule has 9 heteroatoms. The van der Waals surface area contributed by atoms with E-state index in [4.69, 9.17) is 9.72 Å². The SMILES string of the molecule is Cc1cn2c(-c3nccc(N4CC(C)OC(c5c[nH]cn5)C4)n3)cnc2cn1. The number of aromatic amines is 1. The van der Waals surface area contributed by atoms with Crippen LogP contribution in [-0.4, -0.2) is 53.5 Å². The van der Waals surface area contributed by atoms with Crippen molar-refractivity contribution in [2.24, 2.45) is 0 Å². The molecule has 142 valence electrons. The van der Waals surface area contributed by atoms with Gasteiger partial charge in [0.1, 0.15) is 17.6 Å². The molecule has 1 fully saturated rings. The molecule has 9 nitrogen and oxygen atoms in total. The van der Waals surface area contributed by atoms with Crippen molar-refractivity contribution in [3.63, 3.8) is 0 Å². The van der Waals surface area contributed by atoms with Gasteiger partial charge in [0.05, 0.1) is 42.8 Å². The number of nitrogens with one attached hydrogen (secondary N) is 1. The van der Waals surface area contributed by atoms with Crippen molar-refractivity contribution < 1.29 is 4.74 Å². The molecule has 1 N–H and O–H groups in total. The number of imidazole rings is 2. The summed E-state index contributed by atoms with van der Waals surface area (Å²) < 4.78 is 8.04. The number of hydrogen-bond donors (Lipinski definition) is 1. The van der Waals surface area contributed by atoms with Crippen LogP contribution >= 0.6 is 0 Å². The summed E-state index contributed by atoms with van der Waals surface area (Å²) in [7, 11) is 0. The fourth-order valence-corrected chi connectivity index (χ4v) is 3.55. The molecule has 0 aromatic carbocycles. The second-order valence-electron chi connectivity index (χ2n) is 6.97. The predicted octanol–water partition coefficient (Wildman–Crippen LogP) is 2.18. The Labute approximate surface area is 161 Å². The zero-order chi connectivity index (χ0) is 19.1. The van der Waals surface area contributed by atoms with Gasteiger partial charge in [0.2, 0.25) is 0 Å². The highest BCUT2D eigenvalue weighted by Gasteiger charge is 2.28. The van der Waals surface area contributed by atoms with Crippen molar-refractivity contribution in [1.29, 1.82) is 0 Å². The highest BCUT2D eigenvalue weighted by atomic mass is 16.5. The van der Waals surface area contributed by atoms with Gasteiger partial charge in [-0.25, -0.2) is 19.9 Å². The van der Waals surface area contributed by atoms with Gasteiger partial charge >= 0.3 is 0 Å². The normalized spacial score (nSPS) is 20.0. The molecule has 0 amide bonds. The molecule has 1 aliphatic rings. The van der Waals surface area contributed by atoms with Gasteiger partial charge in [-0.05, 0) is 19.9 Å². The Bertz CT molecular complexity index is 1110. The van der Waals surface area contributed by atoms with Crippen molar-refractivity contribution in [3.8, 4) is 11.5 Å². The van der Waals surface area contributed by atoms with Crippen LogP contribution in [0.2, 0.25) is 0 Å². The molecule has 4 aromatic heterocycles. The zero-order valence-electron chi connectivity index (χ0n) is 15.6. The average molecular weight is 376 g/mol. The van der Waals surface area contributed by atoms with Crippen molar-refractivity contribution in [2.45, 2.75) is 26.1 Å². The molecule has 0 radical (unpaired) electrons. The number of ether oxygens (including phenoxy) is 1. The van der Waals surface area contributed by atoms with Gasteiger partial charge in [0.15, 0.2) is 11.5 Å². The number of H-pyrrole nitrogens is 1. The molecular weight excluding hydrogens is 356 g/mol. The smallest absolute Gasteiger partial charge is 0.180 e. The molecule has 5 heterocycles. The van der Waals surface area contributed by atoms with E-state index in [0.717, 1.165) is 35.1 Å². The van der Waals surface area contributed by atoms with E-state index in [2.05, 4.69) is 36.7 Å². The van der Waals surface area contributed by atoms with Crippen LogP contribution in [0.4, 0.5) is 5.82 Å². The van der Waals surface area contributed by atoms with Gasteiger partial charge in [-0.15, -0.1) is 0 Å². The van der Waals surface area contributed by atoms with Crippen molar-refractivity contribution in [3.05, 3.63) is 54.8 Å². The largest absolute Gasteiger partial charge is 0.365 e. The highest BCUT2D eigenvalue weighted by molar-refractivity contribution is 5.58. The number of anilines is 1. The number of morpholine rings is 1. The molecule has 0 spiro atoms. The molecule has 28 heavy (non-hydrogen) atoms. The first-order chi connectivity index (χ1) is 13.7. The Balaban J connectivity index is 1.49. The molecule has 1 aliphatic heterocycles. The van der Waals surface area contributed by atoms with Crippen molar-refractivity contribution in [1.82, 2.24) is 34.3 Å². The summed E-state index contributed by atoms with van der Waals surface area (Å²) in [5, 5.41) is 0. The van der Waals surface area contributed by atoms with Gasteiger partial charge in [0.25, 0.3) is 0 Å². The molecule has 5 rings (SSSR count). The minimum Gasteiger partial charge on any atom is -0.365 e. The van der Waals surface area contributed by atoms with Gasteiger partial charge in [0, 0.05) is 25.1 Å². The first-order valence-corrected chi connectivity index (χ1v) is 9.19. The fraction of sp³-hybridized carbons (Fsp3) is 0.316. The Morgan fingerprint density at radius 3 is 2.93 bits per heavy atom. The number of nitrogens with zero attached hydrogens (tertiary/aromatic N) is 7. The maximum Gasteiger partial charge on any atom is 0.180 e. The third kappa shape index (κ3) is 2.99. The quantitative estimate of drug-likeness (QED) is 0.585. The summed E-state index contributed by atoms with van der Waals surface area (Å²) in [5.74, 6) is 1.49. The first kappa shape index (κ1) is 16.8. The predicted molar refractivity (Wildman–Crippen MR) is 103 cm³/mol. The summed E-state index contributed by atoms with van der Waals surface area (Å²) in [4.78, 5) is 27.6. The molecule has 4 aromatic rings. The fourth-order valence-electron chi connectivity index (χ4n) is 3.55. The summed E-state index contributed by atoms with van der Waals surface area (Å²) in [5.41, 5.74) is 3.42. The molecule has 1 saturated heterocycles. The highest BCUT2D eigenvalue weighted by Crippen LogP contribution is 2.27. The molecule has 0 aliphatic carbocycles. The Kier molecular flexibility index (Phi) is 4.01. The summed E-state index contributed by atoms with van der Waals surface area (Å²) in [6.07, 6.45) is 10.8. The lowest BCUT2D eigenvalue weighted by Gasteiger charge is -2.36. The standard InChI is InChI=1S/C19H20N8O/c1-12-8-27-15(6-23-18(27)7-22-12)19-21-4-3-17(25-19)26-9-13(2)28-16(10-26)14-5-20-11-24-14/h3-8,11,13,16H,9-10H2,1-2H3,(H,20,24). The van der Waals surface area contributed by atoms with Crippen LogP contribution in [-0.2, 0) is 4.74 Å². The van der Waals surface area contributed by atoms with E-state index >= 15 is 0 Å². The summed E-state index contributed by atoms with van der Waals surface area (Å²) in [6, 6.07) is 1.93. The van der Waals surface area contributed by atoms with E-state index in [0.29, 0.717) is 12.4 Å². The van der Waals surface area contributed by atoms with Gasteiger partial charge in [-0.1, -0.05) is 0 Å². The van der Waals surface area contributed by atoms with E-state index < -0.39 is 0 Å². The average Bonchev–Trinajstić information content (AvgIpc) is 3.37. The summed E-state index contributed by atoms with van der Waals surface area (Å²) >= 11 is 0. The lowest BCUT2D eigenvalue weighted by molar-refractivity contribution is -0.0196. The number of hydrogen-bond acceptors (Lipinski definition) is 7. The molecule has 0 bridgehead atoms. The second kappa shape index (κ2) is 6.68. The number of aryl methyl sites for hydroxylation is 1. The summed E-state index contributed by atoms with van der Waals surface area (Å²) in [6.45, 7) is 5.45. The minimum atomic E-state index is -0.0991. The number of aromatic nitrogens is 7. The van der Waals surface area contributed by atoms with Crippen LogP contribution in [0.15, 0.2) is 43.4 Å². The molecule has 2 atom stereocenters. The lowest BCUT2D eigenvalue weighted by atomic mass is 10.2. The van der Waals surface area contributed by atoms with Crippen molar-refractivity contribution >= 4 is 11.5 Å². The first-order valence-electron chi connectivity index (χ1n) is 9.19. The molecule has 2 unspecified atom stereocenters. The van der Waals surface area contributed by atoms with Crippen LogP contribution in [0.1, 0.15) is 24.4 Å². The van der Waals surface area contributed by atoms with Crippen LogP contribution < -0.4 is 4.90 Å². The third-order valence-corrected chi connectivity index (χ3v) is 4.83. The van der Waals surface area contributed by atoms with Gasteiger partial charge in [-0.3, -0.25) is 9.38 Å². The van der Waals surface area contributed by atoms with Crippen molar-refractivity contribution in [2.75, 3.05) is 18.0 Å². The monoisotopic (exact) mass is 376 g/mol. The van der Waals surface area contributed by atoms with Gasteiger partial charge in [-0.2, -0.15) is 0 Å². The molecule has 0 saturated carbocycles. The Morgan fingerprint density at radius 2 is 2.07 bits per heavy atom. The topological polar surface area (TPSA) is 97.1 Å². The number of fused-ring (bicyclic) bond motifs is 1. The molecular formula is C19H20N8O. The van der Waals surface area contributed by atoms with Gasteiger partial charge < -0.3 is 14.6 Å². The van der Waals surface area contributed by atoms with Crippen LogP contribution in [0.3, 0.4) is 0 Å². The Hall–Kier alpha value is -3.33. The van der Waals surface area contributed by atoms with E-state index in [1.807, 2.05) is 29.8 Å². The zero-order valence-corrected chi connectivity index (χ0v) is 15.6. The van der Waals surface area contributed by atoms with E-state index in [1.165, 1.54) is 0 Å². The maximum absolute atomic E-state index is 6.07. The third-order valence-electron chi connectivity index (χ3n) is 4.83. The van der Waals surface area contributed by atoms with Crippen LogP contribution in [0, 0.1) is 6.92 Å². The minimum absolute atomic E-state index is 0.0680.